The van der Waals surface area contributed by atoms with Crippen LogP contribution in [-0.2, 0) is 4.79 Å². The first-order valence-corrected chi connectivity index (χ1v) is 6.51. The summed E-state index contributed by atoms with van der Waals surface area (Å²) in [6.45, 7) is 4.19. The fraction of sp³-hybridized carbons (Fsp3) is 0.500. The van der Waals surface area contributed by atoms with Crippen molar-refractivity contribution in [2.75, 3.05) is 0 Å². The molecule has 5 heteroatoms. The molecule has 1 amide bonds. The smallest absolute Gasteiger partial charge is 0.237 e. The van der Waals surface area contributed by atoms with Gasteiger partial charge in [-0.05, 0) is 17.0 Å². The predicted molar refractivity (Wildman–Crippen MR) is 71.4 cm³/mol. The molecule has 0 spiro atoms. The van der Waals surface area contributed by atoms with E-state index in [1.807, 2.05) is 24.3 Å². The zero-order valence-electron chi connectivity index (χ0n) is 11.1. The fourth-order valence-corrected chi connectivity index (χ4v) is 2.41. The lowest BCUT2D eigenvalue weighted by Crippen LogP contribution is -2.45. The van der Waals surface area contributed by atoms with Gasteiger partial charge in [0.15, 0.2) is 0 Å². The van der Waals surface area contributed by atoms with E-state index in [9.17, 15) is 14.9 Å². The molecule has 2 rings (SSSR count). The first-order valence-electron chi connectivity index (χ1n) is 6.51. The van der Waals surface area contributed by atoms with Crippen molar-refractivity contribution >= 4 is 5.91 Å². The molecule has 0 saturated carbocycles. The molecule has 0 bridgehead atoms. The number of nitro groups is 1. The summed E-state index contributed by atoms with van der Waals surface area (Å²) in [4.78, 5) is 22.2. The normalized spacial score (nSPS) is 23.2. The highest BCUT2D eigenvalue weighted by Gasteiger charge is 2.37. The van der Waals surface area contributed by atoms with Gasteiger partial charge >= 0.3 is 0 Å². The van der Waals surface area contributed by atoms with Gasteiger partial charge in [0.05, 0.1) is 0 Å². The second kappa shape index (κ2) is 5.38. The van der Waals surface area contributed by atoms with Crippen LogP contribution in [0.2, 0.25) is 0 Å². The van der Waals surface area contributed by atoms with Gasteiger partial charge in [-0.1, -0.05) is 38.1 Å². The minimum atomic E-state index is -0.734. The highest BCUT2D eigenvalue weighted by atomic mass is 16.6. The van der Waals surface area contributed by atoms with Crippen LogP contribution in [0.5, 0.6) is 0 Å². The van der Waals surface area contributed by atoms with Crippen molar-refractivity contribution in [3.63, 3.8) is 0 Å². The van der Waals surface area contributed by atoms with E-state index in [4.69, 9.17) is 0 Å². The number of benzene rings is 1. The van der Waals surface area contributed by atoms with Crippen LogP contribution in [0.1, 0.15) is 49.8 Å². The molecule has 102 valence electrons. The Kier molecular flexibility index (Phi) is 3.83. The van der Waals surface area contributed by atoms with Gasteiger partial charge < -0.3 is 5.32 Å². The molecule has 1 saturated heterocycles. The summed E-state index contributed by atoms with van der Waals surface area (Å²) in [6.07, 6.45) is 0.529. The van der Waals surface area contributed by atoms with Crippen molar-refractivity contribution < 1.29 is 9.72 Å². The van der Waals surface area contributed by atoms with E-state index in [2.05, 4.69) is 19.2 Å². The van der Waals surface area contributed by atoms with Crippen molar-refractivity contribution in [2.24, 2.45) is 0 Å². The van der Waals surface area contributed by atoms with Crippen molar-refractivity contribution in [1.29, 1.82) is 0 Å². The van der Waals surface area contributed by atoms with Crippen molar-refractivity contribution in [3.05, 3.63) is 45.5 Å². The van der Waals surface area contributed by atoms with Gasteiger partial charge in [0.25, 0.3) is 0 Å². The molecule has 1 N–H and O–H groups in total. The molecule has 0 aromatic heterocycles. The topological polar surface area (TPSA) is 72.2 Å². The summed E-state index contributed by atoms with van der Waals surface area (Å²) in [5, 5.41) is 13.8. The quantitative estimate of drug-likeness (QED) is 0.671. The van der Waals surface area contributed by atoms with E-state index in [1.165, 1.54) is 5.56 Å². The molecule has 0 aliphatic carbocycles. The van der Waals surface area contributed by atoms with Gasteiger partial charge in [-0.15, -0.1) is 0 Å². The summed E-state index contributed by atoms with van der Waals surface area (Å²) in [5.41, 5.74) is 1.99. The van der Waals surface area contributed by atoms with Gasteiger partial charge in [-0.3, -0.25) is 14.9 Å². The molecule has 1 aromatic carbocycles. The molecule has 5 nitrogen and oxygen atoms in total. The van der Waals surface area contributed by atoms with E-state index < -0.39 is 12.1 Å². The van der Waals surface area contributed by atoms with Gasteiger partial charge in [0.2, 0.25) is 11.9 Å². The third-order valence-corrected chi connectivity index (χ3v) is 3.60. The number of nitrogens with one attached hydrogen (secondary N) is 1. The lowest BCUT2D eigenvalue weighted by atomic mass is 9.91. The number of carbonyl (C=O) groups excluding carboxylic acids is 1. The van der Waals surface area contributed by atoms with E-state index in [0.717, 1.165) is 5.56 Å². The SMILES string of the molecule is CC(C)c1ccc([C@H]2NC(=O)CC[C@@H]2[N+](=O)[O-])cc1. The standard InChI is InChI=1S/C14H18N2O3/c1-9(2)10-3-5-11(6-4-10)14-12(16(18)19)7-8-13(17)15-14/h3-6,9,12,14H,7-8H2,1-2H3,(H,15,17)/t12-,14+/m0/s1. The highest BCUT2D eigenvalue weighted by Crippen LogP contribution is 2.27. The average molecular weight is 262 g/mol. The van der Waals surface area contributed by atoms with Crippen LogP contribution in [0.25, 0.3) is 0 Å². The molecule has 1 aromatic rings. The molecule has 1 aliphatic rings. The molecule has 1 heterocycles. The summed E-state index contributed by atoms with van der Waals surface area (Å²) < 4.78 is 0. The molecule has 1 fully saturated rings. The van der Waals surface area contributed by atoms with Crippen LogP contribution >= 0.6 is 0 Å². The molecular formula is C14H18N2O3. The maximum Gasteiger partial charge on any atom is 0.237 e. The van der Waals surface area contributed by atoms with Gasteiger partial charge in [-0.2, -0.15) is 0 Å². The van der Waals surface area contributed by atoms with Crippen LogP contribution in [0.3, 0.4) is 0 Å². The molecule has 19 heavy (non-hydrogen) atoms. The van der Waals surface area contributed by atoms with Gasteiger partial charge in [0, 0.05) is 17.8 Å². The lowest BCUT2D eigenvalue weighted by Gasteiger charge is -2.27. The summed E-state index contributed by atoms with van der Waals surface area (Å²) in [6, 6.07) is 6.44. The van der Waals surface area contributed by atoms with Crippen molar-refractivity contribution in [2.45, 2.75) is 44.7 Å². The van der Waals surface area contributed by atoms with Gasteiger partial charge in [0.1, 0.15) is 6.04 Å². The Hall–Kier alpha value is -1.91. The zero-order chi connectivity index (χ0) is 14.0. The van der Waals surface area contributed by atoms with E-state index in [-0.39, 0.29) is 17.3 Å². The van der Waals surface area contributed by atoms with Crippen molar-refractivity contribution in [3.8, 4) is 0 Å². The van der Waals surface area contributed by atoms with Crippen LogP contribution in [0.4, 0.5) is 0 Å². The average Bonchev–Trinajstić information content (AvgIpc) is 2.38. The first-order chi connectivity index (χ1) is 8.99. The van der Waals surface area contributed by atoms with Crippen LogP contribution < -0.4 is 5.32 Å². The van der Waals surface area contributed by atoms with Crippen molar-refractivity contribution in [1.82, 2.24) is 5.32 Å². The monoisotopic (exact) mass is 262 g/mol. The molecule has 0 radical (unpaired) electrons. The molecule has 1 aliphatic heterocycles. The summed E-state index contributed by atoms with van der Waals surface area (Å²) >= 11 is 0. The second-order valence-corrected chi connectivity index (χ2v) is 5.26. The Morgan fingerprint density at radius 1 is 1.32 bits per heavy atom. The third kappa shape index (κ3) is 2.92. The Morgan fingerprint density at radius 3 is 2.47 bits per heavy atom. The largest absolute Gasteiger partial charge is 0.343 e. The Morgan fingerprint density at radius 2 is 1.95 bits per heavy atom. The Bertz CT molecular complexity index is 482. The van der Waals surface area contributed by atoms with Crippen LogP contribution in [0.15, 0.2) is 24.3 Å². The maximum atomic E-state index is 11.5. The van der Waals surface area contributed by atoms with Gasteiger partial charge in [-0.25, -0.2) is 0 Å². The summed E-state index contributed by atoms with van der Waals surface area (Å²) in [7, 11) is 0. The maximum absolute atomic E-state index is 11.5. The number of amides is 1. The molecule has 0 unspecified atom stereocenters. The number of hydrogen-bond acceptors (Lipinski definition) is 3. The molecule has 2 atom stereocenters. The number of carbonyl (C=O) groups is 1. The zero-order valence-corrected chi connectivity index (χ0v) is 11.1. The summed E-state index contributed by atoms with van der Waals surface area (Å²) in [5.74, 6) is 0.303. The van der Waals surface area contributed by atoms with Crippen LogP contribution in [0, 0.1) is 10.1 Å². The van der Waals surface area contributed by atoms with E-state index >= 15 is 0 Å². The predicted octanol–water partition coefficient (Wildman–Crippen LogP) is 2.41. The fourth-order valence-electron chi connectivity index (χ4n) is 2.41. The number of rotatable bonds is 3. The first kappa shape index (κ1) is 13.5. The lowest BCUT2D eigenvalue weighted by molar-refractivity contribution is -0.529. The Labute approximate surface area is 112 Å². The van der Waals surface area contributed by atoms with E-state index in [1.54, 1.807) is 0 Å². The number of hydrogen-bond donors (Lipinski definition) is 1. The highest BCUT2D eigenvalue weighted by molar-refractivity contribution is 5.77. The minimum absolute atomic E-state index is 0.115. The number of piperidine rings is 1. The van der Waals surface area contributed by atoms with E-state index in [0.29, 0.717) is 12.3 Å². The molecular weight excluding hydrogens is 244 g/mol. The van der Waals surface area contributed by atoms with Crippen LogP contribution in [-0.4, -0.2) is 16.9 Å². The Balaban J connectivity index is 2.26. The third-order valence-electron chi connectivity index (χ3n) is 3.60. The minimum Gasteiger partial charge on any atom is -0.343 e. The number of nitrogens with zero attached hydrogens (tertiary/aromatic N) is 1. The second-order valence-electron chi connectivity index (χ2n) is 5.26.